The number of esters is 1. The Bertz CT molecular complexity index is 269. The van der Waals surface area contributed by atoms with E-state index in [1.54, 1.807) is 0 Å². The normalized spacial score (nSPS) is 23.7. The van der Waals surface area contributed by atoms with Gasteiger partial charge in [0.25, 0.3) is 5.78 Å². The molecule has 1 aliphatic heterocycles. The zero-order chi connectivity index (χ0) is 8.59. The third kappa shape index (κ3) is 1.04. The predicted molar refractivity (Wildman–Crippen MR) is 35.7 cm³/mol. The van der Waals surface area contributed by atoms with Crippen molar-refractivity contribution >= 4 is 23.4 Å². The molecule has 1 saturated heterocycles. The lowest BCUT2D eigenvalue weighted by molar-refractivity contribution is -0.144. The molecule has 58 valence electrons. The third-order valence-corrected chi connectivity index (χ3v) is 1.36. The van der Waals surface area contributed by atoms with Gasteiger partial charge in [-0.3, -0.25) is 10.2 Å². The molecule has 0 radical (unpaired) electrons. The zero-order valence-electron chi connectivity index (χ0n) is 5.80. The summed E-state index contributed by atoms with van der Waals surface area (Å²) in [6.07, 6.45) is 0. The number of nitrogens with one attached hydrogen (secondary N) is 2. The first kappa shape index (κ1) is 7.59. The number of carbonyl (C=O) groups is 2. The van der Waals surface area contributed by atoms with Gasteiger partial charge < -0.3 is 10.1 Å². The quantitative estimate of drug-likeness (QED) is 0.310. The van der Waals surface area contributed by atoms with Crippen molar-refractivity contribution in [1.29, 1.82) is 10.8 Å². The van der Waals surface area contributed by atoms with E-state index in [1.165, 1.54) is 6.92 Å². The van der Waals surface area contributed by atoms with E-state index in [9.17, 15) is 9.59 Å². The van der Waals surface area contributed by atoms with Gasteiger partial charge in [0.15, 0.2) is 0 Å². The fourth-order valence-corrected chi connectivity index (χ4v) is 0.839. The molecular formula is C6H6N2O3. The smallest absolute Gasteiger partial charge is 0.382 e. The van der Waals surface area contributed by atoms with Crippen LogP contribution in [0.15, 0.2) is 0 Å². The lowest BCUT2D eigenvalue weighted by Crippen LogP contribution is -2.23. The Morgan fingerprint density at radius 3 is 2.27 bits per heavy atom. The molecule has 5 nitrogen and oxygen atoms in total. The summed E-state index contributed by atoms with van der Waals surface area (Å²) in [7, 11) is 0. The van der Waals surface area contributed by atoms with E-state index in [-0.39, 0.29) is 5.71 Å². The van der Waals surface area contributed by atoms with Gasteiger partial charge in [-0.15, -0.1) is 0 Å². The van der Waals surface area contributed by atoms with Crippen LogP contribution in [0.2, 0.25) is 0 Å². The van der Waals surface area contributed by atoms with Crippen molar-refractivity contribution in [2.75, 3.05) is 0 Å². The van der Waals surface area contributed by atoms with Gasteiger partial charge in [0.05, 0.1) is 0 Å². The van der Waals surface area contributed by atoms with Crippen LogP contribution in [0.4, 0.5) is 0 Å². The standard InChI is InChI=1S/C6H6N2O3/c1-2(7)3-4(9)6(10)11-5(3)8/h3,7-8H,1H3. The van der Waals surface area contributed by atoms with Gasteiger partial charge in [-0.2, -0.15) is 0 Å². The van der Waals surface area contributed by atoms with Crippen molar-refractivity contribution in [2.45, 2.75) is 6.92 Å². The Kier molecular flexibility index (Phi) is 1.56. The lowest BCUT2D eigenvalue weighted by Gasteiger charge is -1.99. The van der Waals surface area contributed by atoms with E-state index < -0.39 is 23.6 Å². The molecule has 1 atom stereocenters. The van der Waals surface area contributed by atoms with Gasteiger partial charge in [0.2, 0.25) is 5.90 Å². The first-order valence-corrected chi connectivity index (χ1v) is 2.93. The number of hydrogen-bond donors (Lipinski definition) is 2. The molecule has 1 rings (SSSR count). The second-order valence-electron chi connectivity index (χ2n) is 2.23. The van der Waals surface area contributed by atoms with Crippen LogP contribution in [-0.4, -0.2) is 23.4 Å². The van der Waals surface area contributed by atoms with Gasteiger partial charge in [-0.25, -0.2) is 4.79 Å². The second-order valence-corrected chi connectivity index (χ2v) is 2.23. The van der Waals surface area contributed by atoms with Crippen LogP contribution < -0.4 is 0 Å². The Hall–Kier alpha value is -1.52. The number of Topliss-reactive ketones (excluding diaryl/α,β-unsaturated/α-hetero) is 1. The Morgan fingerprint density at radius 1 is 1.55 bits per heavy atom. The molecule has 0 bridgehead atoms. The number of rotatable bonds is 1. The molecule has 0 amide bonds. The van der Waals surface area contributed by atoms with Gasteiger partial charge >= 0.3 is 5.97 Å². The highest BCUT2D eigenvalue weighted by molar-refractivity contribution is 6.49. The number of hydrogen-bond acceptors (Lipinski definition) is 5. The number of cyclic esters (lactones) is 1. The molecular weight excluding hydrogens is 148 g/mol. The van der Waals surface area contributed by atoms with E-state index in [1.807, 2.05) is 0 Å². The maximum absolute atomic E-state index is 10.8. The van der Waals surface area contributed by atoms with Crippen LogP contribution in [0.3, 0.4) is 0 Å². The summed E-state index contributed by atoms with van der Waals surface area (Å²) in [6.45, 7) is 1.36. The third-order valence-electron chi connectivity index (χ3n) is 1.36. The molecule has 5 heteroatoms. The molecule has 1 heterocycles. The van der Waals surface area contributed by atoms with Gasteiger partial charge in [-0.05, 0) is 6.92 Å². The van der Waals surface area contributed by atoms with Crippen LogP contribution in [0.1, 0.15) is 6.92 Å². The van der Waals surface area contributed by atoms with Crippen LogP contribution >= 0.6 is 0 Å². The van der Waals surface area contributed by atoms with E-state index in [4.69, 9.17) is 10.8 Å². The van der Waals surface area contributed by atoms with Crippen molar-refractivity contribution in [3.05, 3.63) is 0 Å². The minimum absolute atomic E-state index is 0.0362. The Morgan fingerprint density at radius 2 is 2.09 bits per heavy atom. The maximum atomic E-state index is 10.8. The molecule has 1 aliphatic rings. The topological polar surface area (TPSA) is 91.1 Å². The highest BCUT2D eigenvalue weighted by atomic mass is 16.6. The van der Waals surface area contributed by atoms with E-state index in [2.05, 4.69) is 4.74 Å². The summed E-state index contributed by atoms with van der Waals surface area (Å²) in [5.41, 5.74) is -0.0362. The summed E-state index contributed by atoms with van der Waals surface area (Å²) in [5.74, 6) is -3.36. The largest absolute Gasteiger partial charge is 0.405 e. The molecule has 0 saturated carbocycles. The van der Waals surface area contributed by atoms with Crippen molar-refractivity contribution < 1.29 is 14.3 Å². The summed E-state index contributed by atoms with van der Waals surface area (Å²) in [4.78, 5) is 21.3. The Labute approximate surface area is 62.4 Å². The number of ether oxygens (including phenoxy) is 1. The summed E-state index contributed by atoms with van der Waals surface area (Å²) in [5, 5.41) is 14.0. The number of carbonyl (C=O) groups excluding carboxylic acids is 2. The van der Waals surface area contributed by atoms with Crippen molar-refractivity contribution in [3.63, 3.8) is 0 Å². The van der Waals surface area contributed by atoms with Gasteiger partial charge in [0, 0.05) is 5.71 Å². The summed E-state index contributed by atoms with van der Waals surface area (Å²) >= 11 is 0. The van der Waals surface area contributed by atoms with Crippen molar-refractivity contribution in [2.24, 2.45) is 5.92 Å². The van der Waals surface area contributed by atoms with Crippen LogP contribution in [-0.2, 0) is 14.3 Å². The highest BCUT2D eigenvalue weighted by Crippen LogP contribution is 2.13. The highest BCUT2D eigenvalue weighted by Gasteiger charge is 2.41. The molecule has 2 N–H and O–H groups in total. The Balaban J connectivity index is 2.98. The van der Waals surface area contributed by atoms with Crippen LogP contribution in [0.25, 0.3) is 0 Å². The minimum atomic E-state index is -1.07. The molecule has 1 unspecified atom stereocenters. The van der Waals surface area contributed by atoms with E-state index in [0.717, 1.165) is 0 Å². The average Bonchev–Trinajstić information content (AvgIpc) is 2.07. The van der Waals surface area contributed by atoms with Gasteiger partial charge in [0.1, 0.15) is 5.92 Å². The fourth-order valence-electron chi connectivity index (χ4n) is 0.839. The monoisotopic (exact) mass is 154 g/mol. The fraction of sp³-hybridized carbons (Fsp3) is 0.333. The second kappa shape index (κ2) is 2.26. The van der Waals surface area contributed by atoms with Crippen LogP contribution in [0, 0.1) is 16.7 Å². The SMILES string of the molecule is CC(=N)C1C(=N)OC(=O)C1=O. The summed E-state index contributed by atoms with van der Waals surface area (Å²) in [6, 6.07) is 0. The molecule has 11 heavy (non-hydrogen) atoms. The zero-order valence-corrected chi connectivity index (χ0v) is 5.80. The predicted octanol–water partition coefficient (Wildman–Crippen LogP) is -0.255. The molecule has 0 aliphatic carbocycles. The first-order chi connectivity index (χ1) is 5.04. The maximum Gasteiger partial charge on any atom is 0.382 e. The molecule has 0 aromatic heterocycles. The first-order valence-electron chi connectivity index (χ1n) is 2.93. The molecule has 0 spiro atoms. The van der Waals surface area contributed by atoms with Crippen molar-refractivity contribution in [1.82, 2.24) is 0 Å². The van der Waals surface area contributed by atoms with Crippen LogP contribution in [0.5, 0.6) is 0 Å². The molecule has 0 aromatic carbocycles. The minimum Gasteiger partial charge on any atom is -0.405 e. The van der Waals surface area contributed by atoms with E-state index >= 15 is 0 Å². The molecule has 1 fully saturated rings. The van der Waals surface area contributed by atoms with E-state index in [0.29, 0.717) is 0 Å². The van der Waals surface area contributed by atoms with Crippen molar-refractivity contribution in [3.8, 4) is 0 Å². The van der Waals surface area contributed by atoms with Gasteiger partial charge in [-0.1, -0.05) is 0 Å². The summed E-state index contributed by atoms with van der Waals surface area (Å²) < 4.78 is 4.20. The number of ketones is 1. The molecule has 0 aromatic rings. The average molecular weight is 154 g/mol. The lowest BCUT2D eigenvalue weighted by atomic mass is 10.0.